The van der Waals surface area contributed by atoms with E-state index in [9.17, 15) is 4.79 Å². The molecule has 1 aromatic carbocycles. The first-order valence-corrected chi connectivity index (χ1v) is 9.14. The van der Waals surface area contributed by atoms with E-state index in [4.69, 9.17) is 15.6 Å². The van der Waals surface area contributed by atoms with Crippen molar-refractivity contribution in [2.24, 2.45) is 0 Å². The predicted octanol–water partition coefficient (Wildman–Crippen LogP) is 2.75. The molecule has 8 heteroatoms. The van der Waals surface area contributed by atoms with Crippen LogP contribution in [0.4, 0.5) is 5.82 Å². The van der Waals surface area contributed by atoms with Gasteiger partial charge in [0.15, 0.2) is 0 Å². The summed E-state index contributed by atoms with van der Waals surface area (Å²) in [4.78, 5) is 25.1. The molecule has 0 bridgehead atoms. The van der Waals surface area contributed by atoms with Crippen molar-refractivity contribution in [3.8, 4) is 11.1 Å². The molecule has 3 aromatic rings. The second-order valence-electron chi connectivity index (χ2n) is 6.48. The predicted molar refractivity (Wildman–Crippen MR) is 111 cm³/mol. The maximum atomic E-state index is 12.4. The average molecular weight is 395 g/mol. The number of carboxylic acid groups (broad SMARTS) is 1. The third-order valence-electron chi connectivity index (χ3n) is 4.29. The van der Waals surface area contributed by atoms with Gasteiger partial charge in [-0.15, -0.1) is 0 Å². The second-order valence-corrected chi connectivity index (χ2v) is 6.48. The van der Waals surface area contributed by atoms with Gasteiger partial charge >= 0.3 is 0 Å². The molecule has 0 radical (unpaired) electrons. The first-order chi connectivity index (χ1) is 13.9. The molecule has 0 fully saturated rings. The molecule has 0 saturated carbocycles. The zero-order chi connectivity index (χ0) is 21.2. The number of nitrogen functional groups attached to an aromatic ring is 1. The minimum Gasteiger partial charge on any atom is -0.483 e. The molecule has 2 aromatic heterocycles. The topological polar surface area (TPSA) is 123 Å². The van der Waals surface area contributed by atoms with Gasteiger partial charge in [0.2, 0.25) is 0 Å². The average Bonchev–Trinajstić information content (AvgIpc) is 3.21. The van der Waals surface area contributed by atoms with E-state index < -0.39 is 0 Å². The Labute approximate surface area is 169 Å². The summed E-state index contributed by atoms with van der Waals surface area (Å²) in [5.41, 5.74) is 9.24. The Hall–Kier alpha value is -3.68. The van der Waals surface area contributed by atoms with Gasteiger partial charge in [0.25, 0.3) is 12.4 Å². The Bertz CT molecular complexity index is 924. The van der Waals surface area contributed by atoms with Crippen molar-refractivity contribution in [3.05, 3.63) is 66.1 Å². The van der Waals surface area contributed by atoms with Crippen LogP contribution in [0.15, 0.2) is 54.9 Å². The number of hydrogen-bond acceptors (Lipinski definition) is 5. The molecule has 1 atom stereocenters. The number of nitrogens with zero attached hydrogens (tertiary/aromatic N) is 3. The summed E-state index contributed by atoms with van der Waals surface area (Å²) in [6.07, 6.45) is 4.49. The lowest BCUT2D eigenvalue weighted by Gasteiger charge is -2.14. The van der Waals surface area contributed by atoms with E-state index in [1.807, 2.05) is 61.1 Å². The van der Waals surface area contributed by atoms with Gasteiger partial charge in [-0.25, -0.2) is 4.98 Å². The number of nitrogens with two attached hydrogens (primary N) is 1. The highest BCUT2D eigenvalue weighted by Crippen LogP contribution is 2.23. The summed E-state index contributed by atoms with van der Waals surface area (Å²) in [6, 6.07) is 13.2. The molecule has 1 unspecified atom stereocenters. The number of nitrogens with one attached hydrogen (secondary N) is 1. The minimum absolute atomic E-state index is 0.0647. The maximum Gasteiger partial charge on any atom is 0.290 e. The third-order valence-corrected chi connectivity index (χ3v) is 4.29. The standard InChI is InChI=1S/C20H23N5O.CH2O2/c1-14(10-13-25-12-3-11-22-25)23-20(26)17-6-4-16(5-7-17)18-8-9-19(21)24-15(18)2;2-1-3/h3-9,11-12,14H,10,13H2,1-2H3,(H2,21,24)(H,23,26);1H,(H,2,3). The molecule has 2 heterocycles. The summed E-state index contributed by atoms with van der Waals surface area (Å²) >= 11 is 0. The summed E-state index contributed by atoms with van der Waals surface area (Å²) in [7, 11) is 0. The summed E-state index contributed by atoms with van der Waals surface area (Å²) in [6.45, 7) is 4.45. The van der Waals surface area contributed by atoms with Crippen molar-refractivity contribution < 1.29 is 14.7 Å². The van der Waals surface area contributed by atoms with Crippen LogP contribution >= 0.6 is 0 Å². The lowest BCUT2D eigenvalue weighted by Crippen LogP contribution is -2.33. The number of carbonyl (C=O) groups is 2. The van der Waals surface area contributed by atoms with Crippen molar-refractivity contribution >= 4 is 18.2 Å². The minimum atomic E-state index is -0.250. The number of hydrogen-bond donors (Lipinski definition) is 3. The van der Waals surface area contributed by atoms with Crippen molar-refractivity contribution in [2.45, 2.75) is 32.9 Å². The van der Waals surface area contributed by atoms with Crippen LogP contribution in [0, 0.1) is 6.92 Å². The smallest absolute Gasteiger partial charge is 0.290 e. The molecule has 4 N–H and O–H groups in total. The Morgan fingerprint density at radius 3 is 2.55 bits per heavy atom. The van der Waals surface area contributed by atoms with E-state index >= 15 is 0 Å². The Morgan fingerprint density at radius 2 is 1.97 bits per heavy atom. The molecular formula is C21H25N5O3. The summed E-state index contributed by atoms with van der Waals surface area (Å²) in [5.74, 6) is 0.433. The SMILES string of the molecule is Cc1nc(N)ccc1-c1ccc(C(=O)NC(C)CCn2cccn2)cc1.O=CO. The molecule has 3 rings (SSSR count). The van der Waals surface area contributed by atoms with Crippen LogP contribution in [0.3, 0.4) is 0 Å². The summed E-state index contributed by atoms with van der Waals surface area (Å²) in [5, 5.41) is 14.1. The Morgan fingerprint density at radius 1 is 1.28 bits per heavy atom. The highest BCUT2D eigenvalue weighted by molar-refractivity contribution is 5.94. The number of aromatic nitrogens is 3. The van der Waals surface area contributed by atoms with Crippen LogP contribution in [0.25, 0.3) is 11.1 Å². The number of anilines is 1. The zero-order valence-electron chi connectivity index (χ0n) is 16.4. The number of aryl methyl sites for hydroxylation is 2. The van der Waals surface area contributed by atoms with E-state index in [0.717, 1.165) is 29.8 Å². The fourth-order valence-electron chi connectivity index (χ4n) is 2.82. The molecule has 0 aliphatic heterocycles. The quantitative estimate of drug-likeness (QED) is 0.552. The Balaban J connectivity index is 0.000000941. The molecule has 1 amide bonds. The fourth-order valence-corrected chi connectivity index (χ4v) is 2.82. The third kappa shape index (κ3) is 6.46. The normalized spacial score (nSPS) is 11.1. The molecule has 8 nitrogen and oxygen atoms in total. The molecule has 152 valence electrons. The van der Waals surface area contributed by atoms with Gasteiger partial charge in [-0.2, -0.15) is 5.10 Å². The van der Waals surface area contributed by atoms with E-state index in [0.29, 0.717) is 11.4 Å². The van der Waals surface area contributed by atoms with E-state index in [1.54, 1.807) is 12.3 Å². The van der Waals surface area contributed by atoms with Gasteiger partial charge in [-0.1, -0.05) is 12.1 Å². The van der Waals surface area contributed by atoms with Crippen LogP contribution in [0.2, 0.25) is 0 Å². The van der Waals surface area contributed by atoms with E-state index in [2.05, 4.69) is 15.4 Å². The van der Waals surface area contributed by atoms with E-state index in [-0.39, 0.29) is 18.4 Å². The zero-order valence-corrected chi connectivity index (χ0v) is 16.4. The highest BCUT2D eigenvalue weighted by Gasteiger charge is 2.11. The number of rotatable bonds is 6. The molecule has 0 saturated heterocycles. The lowest BCUT2D eigenvalue weighted by molar-refractivity contribution is -0.122. The van der Waals surface area contributed by atoms with Crippen molar-refractivity contribution in [1.82, 2.24) is 20.1 Å². The highest BCUT2D eigenvalue weighted by atomic mass is 16.3. The number of carbonyl (C=O) groups excluding carboxylic acids is 1. The van der Waals surface area contributed by atoms with Gasteiger partial charge in [0.1, 0.15) is 5.82 Å². The monoisotopic (exact) mass is 395 g/mol. The van der Waals surface area contributed by atoms with Gasteiger partial charge in [-0.3, -0.25) is 14.3 Å². The Kier molecular flexibility index (Phi) is 7.90. The van der Waals surface area contributed by atoms with Gasteiger partial charge < -0.3 is 16.2 Å². The van der Waals surface area contributed by atoms with E-state index in [1.165, 1.54) is 0 Å². The van der Waals surface area contributed by atoms with Crippen LogP contribution in [0.5, 0.6) is 0 Å². The number of benzene rings is 1. The molecule has 0 aliphatic rings. The lowest BCUT2D eigenvalue weighted by atomic mass is 10.0. The largest absolute Gasteiger partial charge is 0.483 e. The van der Waals surface area contributed by atoms with Crippen LogP contribution < -0.4 is 11.1 Å². The first-order valence-electron chi connectivity index (χ1n) is 9.14. The maximum absolute atomic E-state index is 12.4. The van der Waals surface area contributed by atoms with Gasteiger partial charge in [0.05, 0.1) is 0 Å². The molecular weight excluding hydrogens is 370 g/mol. The van der Waals surface area contributed by atoms with Gasteiger partial charge in [-0.05, 0) is 56.2 Å². The van der Waals surface area contributed by atoms with Crippen molar-refractivity contribution in [3.63, 3.8) is 0 Å². The fraction of sp³-hybridized carbons (Fsp3) is 0.238. The van der Waals surface area contributed by atoms with Crippen molar-refractivity contribution in [1.29, 1.82) is 0 Å². The molecule has 29 heavy (non-hydrogen) atoms. The molecule has 0 spiro atoms. The van der Waals surface area contributed by atoms with Gasteiger partial charge in [0, 0.05) is 41.8 Å². The van der Waals surface area contributed by atoms with Crippen molar-refractivity contribution in [2.75, 3.05) is 5.73 Å². The number of pyridine rings is 1. The first kappa shape index (κ1) is 21.6. The van der Waals surface area contributed by atoms with Crippen LogP contribution in [-0.4, -0.2) is 38.3 Å². The van der Waals surface area contributed by atoms with Crippen LogP contribution in [-0.2, 0) is 11.3 Å². The number of amides is 1. The van der Waals surface area contributed by atoms with Crippen LogP contribution in [0.1, 0.15) is 29.4 Å². The second kappa shape index (κ2) is 10.6. The summed E-state index contributed by atoms with van der Waals surface area (Å²) < 4.78 is 1.86. The molecule has 0 aliphatic carbocycles.